The molecule has 2 heteroatoms. The Morgan fingerprint density at radius 2 is 1.54 bits per heavy atom. The van der Waals surface area contributed by atoms with Gasteiger partial charge < -0.3 is 0 Å². The van der Waals surface area contributed by atoms with Gasteiger partial charge in [0.1, 0.15) is 5.82 Å². The number of aromatic nitrogens is 1. The second-order valence-electron chi connectivity index (χ2n) is 6.05. The van der Waals surface area contributed by atoms with Crippen molar-refractivity contribution in [2.45, 2.75) is 33.1 Å². The molecule has 0 saturated heterocycles. The highest BCUT2D eigenvalue weighted by molar-refractivity contribution is 5.67. The van der Waals surface area contributed by atoms with Crippen LogP contribution in [0.15, 0.2) is 60.8 Å². The number of benzene rings is 2. The summed E-state index contributed by atoms with van der Waals surface area (Å²) in [6.07, 6.45) is 4.76. The number of rotatable bonds is 5. The van der Waals surface area contributed by atoms with E-state index in [1.807, 2.05) is 30.5 Å². The minimum absolute atomic E-state index is 0.200. The van der Waals surface area contributed by atoms with Crippen LogP contribution in [-0.4, -0.2) is 4.98 Å². The number of pyridine rings is 1. The lowest BCUT2D eigenvalue weighted by Gasteiger charge is -2.07. The molecule has 0 fully saturated rings. The first-order valence-electron chi connectivity index (χ1n) is 8.55. The van der Waals surface area contributed by atoms with Gasteiger partial charge >= 0.3 is 0 Å². The van der Waals surface area contributed by atoms with Crippen molar-refractivity contribution in [3.8, 4) is 22.4 Å². The van der Waals surface area contributed by atoms with E-state index in [1.54, 1.807) is 6.07 Å². The zero-order valence-electron chi connectivity index (χ0n) is 14.2. The molecular formula is C22H22FN. The van der Waals surface area contributed by atoms with Crippen molar-refractivity contribution in [1.29, 1.82) is 0 Å². The van der Waals surface area contributed by atoms with Gasteiger partial charge in [-0.25, -0.2) is 4.39 Å². The Morgan fingerprint density at radius 3 is 2.12 bits per heavy atom. The summed E-state index contributed by atoms with van der Waals surface area (Å²) in [5.41, 5.74) is 5.76. The second kappa shape index (κ2) is 7.39. The summed E-state index contributed by atoms with van der Waals surface area (Å²) in [6, 6.07) is 17.8. The van der Waals surface area contributed by atoms with Gasteiger partial charge in [0.15, 0.2) is 0 Å². The zero-order chi connectivity index (χ0) is 16.9. The molecule has 0 aliphatic carbocycles. The molecule has 1 nitrogen and oxygen atoms in total. The van der Waals surface area contributed by atoms with E-state index in [0.717, 1.165) is 36.0 Å². The van der Waals surface area contributed by atoms with E-state index in [1.165, 1.54) is 5.56 Å². The van der Waals surface area contributed by atoms with E-state index >= 15 is 0 Å². The van der Waals surface area contributed by atoms with Crippen LogP contribution >= 0.6 is 0 Å². The summed E-state index contributed by atoms with van der Waals surface area (Å²) in [6.45, 7) is 4.24. The third-order valence-corrected chi connectivity index (χ3v) is 4.31. The summed E-state index contributed by atoms with van der Waals surface area (Å²) >= 11 is 0. The molecule has 0 spiro atoms. The summed E-state index contributed by atoms with van der Waals surface area (Å²) in [4.78, 5) is 4.46. The highest BCUT2D eigenvalue weighted by Crippen LogP contribution is 2.25. The van der Waals surface area contributed by atoms with Gasteiger partial charge in [0.05, 0.1) is 5.69 Å². The monoisotopic (exact) mass is 319 g/mol. The molecule has 1 heterocycles. The molecule has 0 amide bonds. The van der Waals surface area contributed by atoms with Crippen LogP contribution < -0.4 is 0 Å². The lowest BCUT2D eigenvalue weighted by molar-refractivity contribution is 0.628. The van der Waals surface area contributed by atoms with Crippen molar-refractivity contribution in [2.75, 3.05) is 0 Å². The van der Waals surface area contributed by atoms with Gasteiger partial charge in [-0.05, 0) is 47.7 Å². The number of hydrogen-bond donors (Lipinski definition) is 0. The fourth-order valence-electron chi connectivity index (χ4n) is 2.87. The van der Waals surface area contributed by atoms with Gasteiger partial charge in [0, 0.05) is 17.3 Å². The summed E-state index contributed by atoms with van der Waals surface area (Å²) in [5, 5.41) is 0. The largest absolute Gasteiger partial charge is 0.256 e. The van der Waals surface area contributed by atoms with E-state index in [2.05, 4.69) is 43.1 Å². The van der Waals surface area contributed by atoms with Crippen molar-refractivity contribution in [1.82, 2.24) is 4.98 Å². The molecule has 0 aliphatic rings. The zero-order valence-corrected chi connectivity index (χ0v) is 14.2. The number of hydrogen-bond acceptors (Lipinski definition) is 1. The van der Waals surface area contributed by atoms with Crippen LogP contribution in [0.4, 0.5) is 4.39 Å². The maximum atomic E-state index is 14.3. The van der Waals surface area contributed by atoms with Crippen LogP contribution in [0.3, 0.4) is 0 Å². The SMILES string of the molecule is CCCc1ccc(-c2ccc(-c3ccc(CC)cc3)cn2)c(F)c1. The van der Waals surface area contributed by atoms with E-state index in [9.17, 15) is 4.39 Å². The standard InChI is InChI=1S/C22H22FN/c1-3-5-17-8-12-20(21(23)14-17)22-13-11-19(15-24-22)18-9-6-16(4-2)7-10-18/h6-15H,3-5H2,1-2H3. The van der Waals surface area contributed by atoms with E-state index in [4.69, 9.17) is 0 Å². The Labute approximate surface area is 143 Å². The summed E-state index contributed by atoms with van der Waals surface area (Å²) in [5.74, 6) is -0.200. The van der Waals surface area contributed by atoms with Crippen LogP contribution in [0.5, 0.6) is 0 Å². The molecule has 0 radical (unpaired) electrons. The lowest BCUT2D eigenvalue weighted by atomic mass is 10.0. The van der Waals surface area contributed by atoms with Crippen LogP contribution in [0.25, 0.3) is 22.4 Å². The highest BCUT2D eigenvalue weighted by atomic mass is 19.1. The fraction of sp³-hybridized carbons (Fsp3) is 0.227. The molecule has 0 saturated carbocycles. The van der Waals surface area contributed by atoms with Gasteiger partial charge in [-0.3, -0.25) is 4.98 Å². The number of halogens is 1. The molecule has 1 aromatic heterocycles. The highest BCUT2D eigenvalue weighted by Gasteiger charge is 2.08. The maximum absolute atomic E-state index is 14.3. The molecule has 3 rings (SSSR count). The van der Waals surface area contributed by atoms with Crippen molar-refractivity contribution in [3.05, 3.63) is 77.7 Å². The first kappa shape index (κ1) is 16.4. The fourth-order valence-corrected chi connectivity index (χ4v) is 2.87. The molecule has 2 aromatic carbocycles. The third kappa shape index (κ3) is 3.53. The molecule has 0 unspecified atom stereocenters. The predicted octanol–water partition coefficient (Wildman–Crippen LogP) is 6.07. The van der Waals surface area contributed by atoms with Crippen LogP contribution in [0, 0.1) is 5.82 Å². The first-order valence-corrected chi connectivity index (χ1v) is 8.55. The molecule has 0 atom stereocenters. The molecular weight excluding hydrogens is 297 g/mol. The average molecular weight is 319 g/mol. The van der Waals surface area contributed by atoms with Crippen molar-refractivity contribution < 1.29 is 4.39 Å². The van der Waals surface area contributed by atoms with Gasteiger partial charge in [-0.15, -0.1) is 0 Å². The Balaban J connectivity index is 1.86. The molecule has 0 N–H and O–H groups in total. The van der Waals surface area contributed by atoms with Crippen LogP contribution in [-0.2, 0) is 12.8 Å². The van der Waals surface area contributed by atoms with Gasteiger partial charge in [0.2, 0.25) is 0 Å². The quantitative estimate of drug-likeness (QED) is 0.556. The predicted molar refractivity (Wildman–Crippen MR) is 98.4 cm³/mol. The maximum Gasteiger partial charge on any atom is 0.132 e. The minimum Gasteiger partial charge on any atom is -0.256 e. The van der Waals surface area contributed by atoms with Crippen molar-refractivity contribution in [2.24, 2.45) is 0 Å². The van der Waals surface area contributed by atoms with Crippen molar-refractivity contribution in [3.63, 3.8) is 0 Å². The summed E-state index contributed by atoms with van der Waals surface area (Å²) < 4.78 is 14.3. The smallest absolute Gasteiger partial charge is 0.132 e. The molecule has 122 valence electrons. The minimum atomic E-state index is -0.200. The molecule has 0 aliphatic heterocycles. The second-order valence-corrected chi connectivity index (χ2v) is 6.05. The first-order chi connectivity index (χ1) is 11.7. The third-order valence-electron chi connectivity index (χ3n) is 4.31. The lowest BCUT2D eigenvalue weighted by Crippen LogP contribution is -1.92. The van der Waals surface area contributed by atoms with Gasteiger partial charge in [-0.1, -0.05) is 56.7 Å². The van der Waals surface area contributed by atoms with E-state index < -0.39 is 0 Å². The Hall–Kier alpha value is -2.48. The molecule has 3 aromatic rings. The van der Waals surface area contributed by atoms with E-state index in [-0.39, 0.29) is 5.82 Å². The number of nitrogens with zero attached hydrogens (tertiary/aromatic N) is 1. The normalized spacial score (nSPS) is 10.8. The number of aryl methyl sites for hydroxylation is 2. The van der Waals surface area contributed by atoms with Crippen LogP contribution in [0.2, 0.25) is 0 Å². The Kier molecular flexibility index (Phi) is 5.05. The topological polar surface area (TPSA) is 12.9 Å². The van der Waals surface area contributed by atoms with Gasteiger partial charge in [0.25, 0.3) is 0 Å². The molecule has 0 bridgehead atoms. The average Bonchev–Trinajstić information content (AvgIpc) is 2.62. The summed E-state index contributed by atoms with van der Waals surface area (Å²) in [7, 11) is 0. The Morgan fingerprint density at radius 1 is 0.833 bits per heavy atom. The molecule has 24 heavy (non-hydrogen) atoms. The van der Waals surface area contributed by atoms with Gasteiger partial charge in [-0.2, -0.15) is 0 Å². The Bertz CT molecular complexity index is 804. The van der Waals surface area contributed by atoms with Crippen molar-refractivity contribution >= 4 is 0 Å². The van der Waals surface area contributed by atoms with Crippen LogP contribution in [0.1, 0.15) is 31.4 Å². The van der Waals surface area contributed by atoms with E-state index in [0.29, 0.717) is 11.3 Å².